The minimum atomic E-state index is -0.331. The number of aromatic nitrogens is 1. The van der Waals surface area contributed by atoms with Crippen molar-refractivity contribution in [1.29, 1.82) is 0 Å². The monoisotopic (exact) mass is 472 g/mol. The summed E-state index contributed by atoms with van der Waals surface area (Å²) >= 11 is 7.03. The van der Waals surface area contributed by atoms with Gasteiger partial charge in [-0.2, -0.15) is 0 Å². The van der Waals surface area contributed by atoms with Crippen LogP contribution in [-0.4, -0.2) is 15.7 Å². The Morgan fingerprint density at radius 3 is 2.52 bits per heavy atom. The van der Waals surface area contributed by atoms with Gasteiger partial charge in [0, 0.05) is 28.7 Å². The van der Waals surface area contributed by atoms with E-state index < -0.39 is 0 Å². The summed E-state index contributed by atoms with van der Waals surface area (Å²) in [7, 11) is 0. The molecule has 164 valence electrons. The van der Waals surface area contributed by atoms with Crippen LogP contribution in [0, 0.1) is 0 Å². The van der Waals surface area contributed by atoms with E-state index in [9.17, 15) is 9.59 Å². The molecule has 2 heterocycles. The van der Waals surface area contributed by atoms with E-state index >= 15 is 0 Å². The molecule has 1 saturated heterocycles. The van der Waals surface area contributed by atoms with Gasteiger partial charge in [0.1, 0.15) is 0 Å². The van der Waals surface area contributed by atoms with E-state index in [1.165, 1.54) is 16.0 Å². The van der Waals surface area contributed by atoms with Crippen LogP contribution in [0.5, 0.6) is 0 Å². The maximum atomic E-state index is 13.2. The fourth-order valence-corrected chi connectivity index (χ4v) is 5.23. The second-order valence-electron chi connectivity index (χ2n) is 7.86. The molecular formula is C27H21ClN2O2S. The molecule has 0 aliphatic carbocycles. The van der Waals surface area contributed by atoms with Crippen LogP contribution in [0.25, 0.3) is 17.0 Å². The second-order valence-corrected chi connectivity index (χ2v) is 9.29. The highest BCUT2D eigenvalue weighted by atomic mass is 35.5. The molecule has 0 unspecified atom stereocenters. The number of carbonyl (C=O) groups excluding carboxylic acids is 2. The number of imide groups is 1. The standard InChI is InChI=1S/C27H21ClN2O2S/c1-2-19-10-6-13-23-20(17-29(25(19)23)16-18-8-4-3-5-9-18)14-24-26(31)30(27(32)33-24)22-12-7-11-21(28)15-22/h3-15,17H,2,16H2,1H3/b24-14-. The molecule has 1 aliphatic rings. The van der Waals surface area contributed by atoms with E-state index in [1.807, 2.05) is 30.3 Å². The molecule has 3 aromatic carbocycles. The van der Waals surface area contributed by atoms with E-state index in [1.54, 1.807) is 24.3 Å². The summed E-state index contributed by atoms with van der Waals surface area (Å²) in [5, 5.41) is 1.22. The number of amides is 2. The van der Waals surface area contributed by atoms with Crippen LogP contribution in [-0.2, 0) is 17.8 Å². The van der Waals surface area contributed by atoms with Crippen molar-refractivity contribution in [2.24, 2.45) is 0 Å². The van der Waals surface area contributed by atoms with Gasteiger partial charge in [-0.05, 0) is 53.6 Å². The van der Waals surface area contributed by atoms with Gasteiger partial charge < -0.3 is 4.57 Å². The molecule has 1 aromatic heterocycles. The minimum Gasteiger partial charge on any atom is -0.342 e. The third-order valence-electron chi connectivity index (χ3n) is 5.74. The average molecular weight is 473 g/mol. The van der Waals surface area contributed by atoms with Gasteiger partial charge in [-0.25, -0.2) is 4.90 Å². The normalized spacial score (nSPS) is 15.2. The Morgan fingerprint density at radius 2 is 1.76 bits per heavy atom. The SMILES string of the molecule is CCc1cccc2c(/C=C3\SC(=O)N(c4cccc(Cl)c4)C3=O)cn(Cc3ccccc3)c12. The van der Waals surface area contributed by atoms with Gasteiger partial charge >= 0.3 is 0 Å². The lowest BCUT2D eigenvalue weighted by atomic mass is 10.1. The molecular weight excluding hydrogens is 452 g/mol. The molecule has 0 radical (unpaired) electrons. The number of para-hydroxylation sites is 1. The molecule has 2 amide bonds. The second kappa shape index (κ2) is 8.93. The number of halogens is 1. The molecule has 1 fully saturated rings. The number of thioether (sulfide) groups is 1. The highest BCUT2D eigenvalue weighted by molar-refractivity contribution is 8.19. The maximum absolute atomic E-state index is 13.2. The fourth-order valence-electron chi connectivity index (χ4n) is 4.22. The lowest BCUT2D eigenvalue weighted by Crippen LogP contribution is -2.27. The highest BCUT2D eigenvalue weighted by Gasteiger charge is 2.36. The van der Waals surface area contributed by atoms with Gasteiger partial charge in [-0.1, -0.05) is 73.1 Å². The zero-order valence-corrected chi connectivity index (χ0v) is 19.6. The summed E-state index contributed by atoms with van der Waals surface area (Å²) in [6.07, 6.45) is 4.81. The van der Waals surface area contributed by atoms with Gasteiger partial charge in [-0.15, -0.1) is 0 Å². The molecule has 0 saturated carbocycles. The molecule has 6 heteroatoms. The predicted octanol–water partition coefficient (Wildman–Crippen LogP) is 7.15. The van der Waals surface area contributed by atoms with Crippen LogP contribution < -0.4 is 4.90 Å². The van der Waals surface area contributed by atoms with E-state index in [-0.39, 0.29) is 11.1 Å². The molecule has 1 aliphatic heterocycles. The summed E-state index contributed by atoms with van der Waals surface area (Å²) < 4.78 is 2.23. The van der Waals surface area contributed by atoms with Gasteiger partial charge in [-0.3, -0.25) is 9.59 Å². The minimum absolute atomic E-state index is 0.323. The van der Waals surface area contributed by atoms with Crippen molar-refractivity contribution in [2.75, 3.05) is 4.90 Å². The lowest BCUT2D eigenvalue weighted by molar-refractivity contribution is -0.113. The summed E-state index contributed by atoms with van der Waals surface area (Å²) in [6.45, 7) is 2.87. The Labute approximate surface area is 201 Å². The van der Waals surface area contributed by atoms with Gasteiger partial charge in [0.15, 0.2) is 0 Å². The number of nitrogens with zero attached hydrogens (tertiary/aromatic N) is 2. The summed E-state index contributed by atoms with van der Waals surface area (Å²) in [5.74, 6) is -0.331. The third kappa shape index (κ3) is 4.10. The van der Waals surface area contributed by atoms with Crippen LogP contribution in [0.1, 0.15) is 23.6 Å². The number of benzene rings is 3. The quantitative estimate of drug-likeness (QED) is 0.290. The summed E-state index contributed by atoms with van der Waals surface area (Å²) in [6, 6.07) is 23.3. The Hall–Kier alpha value is -3.28. The van der Waals surface area contributed by atoms with Crippen molar-refractivity contribution in [3.05, 3.63) is 106 Å². The number of rotatable bonds is 5. The van der Waals surface area contributed by atoms with Gasteiger partial charge in [0.2, 0.25) is 0 Å². The lowest BCUT2D eigenvalue weighted by Gasteiger charge is -2.12. The number of hydrogen-bond acceptors (Lipinski definition) is 3. The smallest absolute Gasteiger partial charge is 0.298 e. The van der Waals surface area contributed by atoms with Crippen molar-refractivity contribution in [1.82, 2.24) is 4.57 Å². The average Bonchev–Trinajstić information content (AvgIpc) is 3.30. The number of anilines is 1. The topological polar surface area (TPSA) is 42.3 Å². The first kappa shape index (κ1) is 21.6. The van der Waals surface area contributed by atoms with Gasteiger partial charge in [0.05, 0.1) is 16.1 Å². The van der Waals surface area contributed by atoms with E-state index in [0.717, 1.165) is 41.2 Å². The Balaban J connectivity index is 1.58. The van der Waals surface area contributed by atoms with Crippen LogP contribution in [0.2, 0.25) is 5.02 Å². The van der Waals surface area contributed by atoms with Crippen molar-refractivity contribution in [2.45, 2.75) is 19.9 Å². The number of carbonyl (C=O) groups is 2. The van der Waals surface area contributed by atoms with E-state index in [4.69, 9.17) is 11.6 Å². The van der Waals surface area contributed by atoms with Crippen LogP contribution in [0.3, 0.4) is 0 Å². The van der Waals surface area contributed by atoms with Crippen molar-refractivity contribution >= 4 is 57.2 Å². The van der Waals surface area contributed by atoms with Crippen LogP contribution >= 0.6 is 23.4 Å². The molecule has 0 bridgehead atoms. The zero-order valence-electron chi connectivity index (χ0n) is 18.0. The molecule has 4 nitrogen and oxygen atoms in total. The molecule has 0 spiro atoms. The highest BCUT2D eigenvalue weighted by Crippen LogP contribution is 2.38. The third-order valence-corrected chi connectivity index (χ3v) is 6.84. The first-order chi connectivity index (χ1) is 16.0. The number of fused-ring (bicyclic) bond motifs is 1. The number of aryl methyl sites for hydroxylation is 1. The zero-order chi connectivity index (χ0) is 22.9. The van der Waals surface area contributed by atoms with Crippen molar-refractivity contribution in [3.63, 3.8) is 0 Å². The predicted molar refractivity (Wildman–Crippen MR) is 137 cm³/mol. The van der Waals surface area contributed by atoms with Crippen molar-refractivity contribution < 1.29 is 9.59 Å². The Bertz CT molecular complexity index is 1410. The molecule has 33 heavy (non-hydrogen) atoms. The first-order valence-electron chi connectivity index (χ1n) is 10.7. The van der Waals surface area contributed by atoms with Gasteiger partial charge in [0.25, 0.3) is 11.1 Å². The molecule has 0 N–H and O–H groups in total. The number of hydrogen-bond donors (Lipinski definition) is 0. The molecule has 4 aromatic rings. The fraction of sp³-hybridized carbons (Fsp3) is 0.111. The largest absolute Gasteiger partial charge is 0.342 e. The Morgan fingerprint density at radius 1 is 0.970 bits per heavy atom. The summed E-state index contributed by atoms with van der Waals surface area (Å²) in [5.41, 5.74) is 5.01. The van der Waals surface area contributed by atoms with E-state index in [0.29, 0.717) is 15.6 Å². The molecule has 5 rings (SSSR count). The van der Waals surface area contributed by atoms with Crippen LogP contribution in [0.4, 0.5) is 10.5 Å². The first-order valence-corrected chi connectivity index (χ1v) is 11.9. The van der Waals surface area contributed by atoms with Crippen LogP contribution in [0.15, 0.2) is 83.9 Å². The molecule has 0 atom stereocenters. The van der Waals surface area contributed by atoms with E-state index in [2.05, 4.69) is 42.0 Å². The maximum Gasteiger partial charge on any atom is 0.298 e. The summed E-state index contributed by atoms with van der Waals surface area (Å²) in [4.78, 5) is 27.4. The van der Waals surface area contributed by atoms with Crippen molar-refractivity contribution in [3.8, 4) is 0 Å². The Kier molecular flexibility index (Phi) is 5.83.